The first-order valence-electron chi connectivity index (χ1n) is 5.65. The second kappa shape index (κ2) is 6.74. The summed E-state index contributed by atoms with van der Waals surface area (Å²) < 4.78 is 1.15. The number of hydrogen-bond donors (Lipinski definition) is 2. The van der Waals surface area contributed by atoms with E-state index in [0.29, 0.717) is 18.5 Å². The minimum Gasteiger partial charge on any atom is -0.392 e. The molecule has 0 amide bonds. The molecule has 0 aliphatic rings. The van der Waals surface area contributed by atoms with Crippen molar-refractivity contribution in [2.45, 2.75) is 39.3 Å². The van der Waals surface area contributed by atoms with Gasteiger partial charge < -0.3 is 10.4 Å². The van der Waals surface area contributed by atoms with E-state index in [1.807, 2.05) is 0 Å². The van der Waals surface area contributed by atoms with Crippen molar-refractivity contribution < 1.29 is 5.11 Å². The van der Waals surface area contributed by atoms with Crippen molar-refractivity contribution in [2.75, 3.05) is 6.54 Å². The van der Waals surface area contributed by atoms with Crippen LogP contribution in [0.5, 0.6) is 0 Å². The molecular weight excluding hydrogens is 286 g/mol. The fourth-order valence-corrected chi connectivity index (χ4v) is 3.05. The molecule has 0 fully saturated rings. The van der Waals surface area contributed by atoms with Crippen molar-refractivity contribution in [3.05, 3.63) is 20.8 Å². The quantitative estimate of drug-likeness (QED) is 0.842. The maximum atomic E-state index is 9.75. The zero-order valence-electron chi connectivity index (χ0n) is 10.0. The molecule has 0 bridgehead atoms. The monoisotopic (exact) mass is 305 g/mol. The Morgan fingerprint density at radius 2 is 2.06 bits per heavy atom. The van der Waals surface area contributed by atoms with Crippen molar-refractivity contribution in [2.24, 2.45) is 5.92 Å². The second-order valence-electron chi connectivity index (χ2n) is 4.56. The van der Waals surface area contributed by atoms with Crippen LogP contribution in [0.2, 0.25) is 0 Å². The van der Waals surface area contributed by atoms with Crippen molar-refractivity contribution in [3.8, 4) is 0 Å². The minimum absolute atomic E-state index is 0.245. The Morgan fingerprint density at radius 3 is 2.56 bits per heavy atom. The van der Waals surface area contributed by atoms with Gasteiger partial charge in [0.25, 0.3) is 0 Å². The third-order valence-electron chi connectivity index (χ3n) is 2.42. The highest BCUT2D eigenvalue weighted by atomic mass is 79.9. The van der Waals surface area contributed by atoms with Crippen LogP contribution < -0.4 is 5.32 Å². The molecule has 2 atom stereocenters. The molecule has 1 aromatic rings. The van der Waals surface area contributed by atoms with Crippen LogP contribution in [0.15, 0.2) is 15.9 Å². The predicted molar refractivity (Wildman–Crippen MR) is 73.9 cm³/mol. The molecule has 1 aromatic heterocycles. The molecule has 0 aliphatic heterocycles. The fourth-order valence-electron chi connectivity index (χ4n) is 1.60. The first-order valence-corrected chi connectivity index (χ1v) is 7.26. The first kappa shape index (κ1) is 14.2. The van der Waals surface area contributed by atoms with Crippen LogP contribution in [0.25, 0.3) is 0 Å². The lowest BCUT2D eigenvalue weighted by Gasteiger charge is -2.17. The van der Waals surface area contributed by atoms with E-state index in [9.17, 15) is 5.11 Å². The summed E-state index contributed by atoms with van der Waals surface area (Å²) in [5.41, 5.74) is 0. The lowest BCUT2D eigenvalue weighted by molar-refractivity contribution is 0.143. The normalized spacial score (nSPS) is 15.4. The Bertz CT molecular complexity index is 314. The third-order valence-corrected chi connectivity index (χ3v) is 4.23. The standard InChI is InChI=1S/C12H20BrNOS/c1-8(2)6-10(15)7-14-9(3)11-4-5-12(13)16-11/h4-5,8-10,14-15H,6-7H2,1-3H3. The summed E-state index contributed by atoms with van der Waals surface area (Å²) >= 11 is 5.19. The van der Waals surface area contributed by atoms with Crippen LogP contribution in [0, 0.1) is 5.92 Å². The maximum absolute atomic E-state index is 9.75. The molecule has 16 heavy (non-hydrogen) atoms. The molecule has 1 heterocycles. The van der Waals surface area contributed by atoms with Crippen molar-refractivity contribution in [1.82, 2.24) is 5.32 Å². The summed E-state index contributed by atoms with van der Waals surface area (Å²) in [4.78, 5) is 1.30. The Labute approximate surface area is 110 Å². The van der Waals surface area contributed by atoms with Gasteiger partial charge in [0.05, 0.1) is 9.89 Å². The number of aliphatic hydroxyl groups is 1. The van der Waals surface area contributed by atoms with E-state index in [2.05, 4.69) is 54.2 Å². The Morgan fingerprint density at radius 1 is 1.38 bits per heavy atom. The average Bonchev–Trinajstić information content (AvgIpc) is 2.60. The summed E-state index contributed by atoms with van der Waals surface area (Å²) in [6, 6.07) is 4.47. The van der Waals surface area contributed by atoms with Crippen LogP contribution >= 0.6 is 27.3 Å². The van der Waals surface area contributed by atoms with Gasteiger partial charge in [-0.25, -0.2) is 0 Å². The van der Waals surface area contributed by atoms with Crippen LogP contribution in [-0.4, -0.2) is 17.8 Å². The molecule has 0 saturated carbocycles. The lowest BCUT2D eigenvalue weighted by Crippen LogP contribution is -2.29. The fraction of sp³-hybridized carbons (Fsp3) is 0.667. The highest BCUT2D eigenvalue weighted by Gasteiger charge is 2.11. The molecule has 4 heteroatoms. The average molecular weight is 306 g/mol. The van der Waals surface area contributed by atoms with Gasteiger partial charge in [-0.05, 0) is 47.3 Å². The summed E-state index contributed by atoms with van der Waals surface area (Å²) in [5.74, 6) is 0.544. The topological polar surface area (TPSA) is 32.3 Å². The van der Waals surface area contributed by atoms with Crippen LogP contribution in [0.1, 0.15) is 38.1 Å². The predicted octanol–water partition coefficient (Wildman–Crippen LogP) is 3.57. The zero-order valence-corrected chi connectivity index (χ0v) is 12.4. The van der Waals surface area contributed by atoms with Crippen molar-refractivity contribution in [3.63, 3.8) is 0 Å². The van der Waals surface area contributed by atoms with Gasteiger partial charge in [-0.1, -0.05) is 13.8 Å². The number of aliphatic hydroxyl groups excluding tert-OH is 1. The molecule has 2 N–H and O–H groups in total. The highest BCUT2D eigenvalue weighted by molar-refractivity contribution is 9.11. The van der Waals surface area contributed by atoms with E-state index in [1.54, 1.807) is 11.3 Å². The molecule has 1 rings (SSSR count). The smallest absolute Gasteiger partial charge is 0.0701 e. The van der Waals surface area contributed by atoms with Crippen molar-refractivity contribution >= 4 is 27.3 Å². The lowest BCUT2D eigenvalue weighted by atomic mass is 10.1. The van der Waals surface area contributed by atoms with Crippen molar-refractivity contribution in [1.29, 1.82) is 0 Å². The van der Waals surface area contributed by atoms with Crippen LogP contribution in [-0.2, 0) is 0 Å². The summed E-state index contributed by atoms with van der Waals surface area (Å²) in [5, 5.41) is 13.1. The molecule has 0 aromatic carbocycles. The van der Waals surface area contributed by atoms with E-state index in [1.165, 1.54) is 4.88 Å². The summed E-state index contributed by atoms with van der Waals surface area (Å²) in [6.45, 7) is 7.04. The van der Waals surface area contributed by atoms with Gasteiger partial charge in [-0.2, -0.15) is 0 Å². The Balaban J connectivity index is 2.32. The van der Waals surface area contributed by atoms with E-state index < -0.39 is 0 Å². The third kappa shape index (κ3) is 4.95. The summed E-state index contributed by atoms with van der Waals surface area (Å²) in [6.07, 6.45) is 0.610. The molecule has 2 nitrogen and oxygen atoms in total. The maximum Gasteiger partial charge on any atom is 0.0701 e. The molecule has 92 valence electrons. The number of rotatable bonds is 6. The first-order chi connectivity index (χ1) is 7.49. The number of halogens is 1. The van der Waals surface area contributed by atoms with E-state index >= 15 is 0 Å². The van der Waals surface area contributed by atoms with Crippen LogP contribution in [0.4, 0.5) is 0 Å². The SMILES string of the molecule is CC(C)CC(O)CNC(C)c1ccc(Br)s1. The molecule has 0 saturated heterocycles. The van der Waals surface area contributed by atoms with E-state index in [4.69, 9.17) is 0 Å². The van der Waals surface area contributed by atoms with Gasteiger partial charge >= 0.3 is 0 Å². The zero-order chi connectivity index (χ0) is 12.1. The van der Waals surface area contributed by atoms with E-state index in [0.717, 1.165) is 10.2 Å². The molecule has 0 spiro atoms. The molecule has 0 aliphatic carbocycles. The Kier molecular flexibility index (Phi) is 5.97. The van der Waals surface area contributed by atoms with Gasteiger partial charge in [0, 0.05) is 17.5 Å². The van der Waals surface area contributed by atoms with Gasteiger partial charge in [-0.3, -0.25) is 0 Å². The second-order valence-corrected chi connectivity index (χ2v) is 7.05. The molecule has 2 unspecified atom stereocenters. The van der Waals surface area contributed by atoms with Gasteiger partial charge in [0.15, 0.2) is 0 Å². The van der Waals surface area contributed by atoms with Gasteiger partial charge in [-0.15, -0.1) is 11.3 Å². The number of hydrogen-bond acceptors (Lipinski definition) is 3. The molecular formula is C12H20BrNOS. The molecule has 0 radical (unpaired) electrons. The summed E-state index contributed by atoms with van der Waals surface area (Å²) in [7, 11) is 0. The number of nitrogens with one attached hydrogen (secondary N) is 1. The number of thiophene rings is 1. The van der Waals surface area contributed by atoms with Gasteiger partial charge in [0.2, 0.25) is 0 Å². The highest BCUT2D eigenvalue weighted by Crippen LogP contribution is 2.26. The largest absolute Gasteiger partial charge is 0.392 e. The Hall–Kier alpha value is 0.1000. The van der Waals surface area contributed by atoms with Crippen LogP contribution in [0.3, 0.4) is 0 Å². The van der Waals surface area contributed by atoms with Gasteiger partial charge in [0.1, 0.15) is 0 Å². The van der Waals surface area contributed by atoms with E-state index in [-0.39, 0.29) is 6.10 Å². The minimum atomic E-state index is -0.245.